The second kappa shape index (κ2) is 1.97. The van der Waals surface area contributed by atoms with Crippen molar-refractivity contribution in [1.29, 1.82) is 0 Å². The Morgan fingerprint density at radius 2 is 2.40 bits per heavy atom. The van der Waals surface area contributed by atoms with Crippen molar-refractivity contribution >= 4 is 5.91 Å². The zero-order valence-corrected chi connectivity index (χ0v) is 6.34. The molecule has 0 radical (unpaired) electrons. The first-order valence-electron chi connectivity index (χ1n) is 4.11. The van der Waals surface area contributed by atoms with Crippen LogP contribution < -0.4 is 0 Å². The Labute approximate surface area is 61.2 Å². The number of likely N-dealkylation sites (tertiary alicyclic amines) is 1. The molecule has 10 heavy (non-hydrogen) atoms. The summed E-state index contributed by atoms with van der Waals surface area (Å²) in [5, 5.41) is 0. The van der Waals surface area contributed by atoms with Gasteiger partial charge in [0.1, 0.15) is 0 Å². The predicted molar refractivity (Wildman–Crippen MR) is 38.5 cm³/mol. The number of carbonyl (C=O) groups excluding carboxylic acids is 1. The maximum Gasteiger partial charge on any atom is 0.226 e. The third-order valence-corrected chi connectivity index (χ3v) is 2.88. The molecule has 0 N–H and O–H groups in total. The third kappa shape index (κ3) is 0.619. The maximum absolute atomic E-state index is 11.3. The average Bonchev–Trinajstić information content (AvgIpc) is 2.05. The number of carbonyl (C=O) groups is 1. The SMILES string of the molecule is CCN1CC2CCC2C1=O. The van der Waals surface area contributed by atoms with Gasteiger partial charge in [0, 0.05) is 19.0 Å². The van der Waals surface area contributed by atoms with Crippen molar-refractivity contribution in [3.63, 3.8) is 0 Å². The van der Waals surface area contributed by atoms with E-state index in [0.29, 0.717) is 11.8 Å². The fourth-order valence-electron chi connectivity index (χ4n) is 2.01. The van der Waals surface area contributed by atoms with Crippen LogP contribution in [0.1, 0.15) is 19.8 Å². The second-order valence-corrected chi connectivity index (χ2v) is 3.32. The van der Waals surface area contributed by atoms with E-state index in [2.05, 4.69) is 6.92 Å². The molecule has 1 aliphatic carbocycles. The van der Waals surface area contributed by atoms with Crippen molar-refractivity contribution in [2.75, 3.05) is 13.1 Å². The van der Waals surface area contributed by atoms with Gasteiger partial charge in [-0.25, -0.2) is 0 Å². The lowest BCUT2D eigenvalue weighted by Gasteiger charge is -2.25. The minimum atomic E-state index is 0.416. The Balaban J connectivity index is 2.09. The molecule has 0 aromatic carbocycles. The van der Waals surface area contributed by atoms with Crippen LogP contribution in [0, 0.1) is 11.8 Å². The highest BCUT2D eigenvalue weighted by Crippen LogP contribution is 2.40. The van der Waals surface area contributed by atoms with Crippen LogP contribution >= 0.6 is 0 Å². The molecule has 0 bridgehead atoms. The molecule has 56 valence electrons. The Morgan fingerprint density at radius 1 is 1.60 bits per heavy atom. The smallest absolute Gasteiger partial charge is 0.226 e. The molecular weight excluding hydrogens is 126 g/mol. The van der Waals surface area contributed by atoms with Gasteiger partial charge in [-0.1, -0.05) is 0 Å². The maximum atomic E-state index is 11.3. The van der Waals surface area contributed by atoms with Crippen molar-refractivity contribution in [3.8, 4) is 0 Å². The third-order valence-electron chi connectivity index (χ3n) is 2.88. The van der Waals surface area contributed by atoms with Gasteiger partial charge in [-0.15, -0.1) is 0 Å². The van der Waals surface area contributed by atoms with Crippen LogP contribution in [0.2, 0.25) is 0 Å². The number of fused-ring (bicyclic) bond motifs is 1. The van der Waals surface area contributed by atoms with Crippen molar-refractivity contribution in [3.05, 3.63) is 0 Å². The van der Waals surface area contributed by atoms with Crippen LogP contribution in [0.25, 0.3) is 0 Å². The molecule has 0 aromatic rings. The molecule has 1 saturated heterocycles. The normalized spacial score (nSPS) is 37.7. The van der Waals surface area contributed by atoms with Crippen LogP contribution in [-0.4, -0.2) is 23.9 Å². The first kappa shape index (κ1) is 6.20. The van der Waals surface area contributed by atoms with E-state index in [1.807, 2.05) is 4.90 Å². The largest absolute Gasteiger partial charge is 0.342 e. The highest BCUT2D eigenvalue weighted by Gasteiger charge is 2.45. The number of amides is 1. The fourth-order valence-corrected chi connectivity index (χ4v) is 2.01. The van der Waals surface area contributed by atoms with E-state index < -0.39 is 0 Å². The average molecular weight is 139 g/mol. The number of hydrogen-bond acceptors (Lipinski definition) is 1. The van der Waals surface area contributed by atoms with Crippen LogP contribution in [0.4, 0.5) is 0 Å². The standard InChI is InChI=1S/C8H13NO/c1-2-9-5-6-3-4-7(6)8(9)10/h6-7H,2-5H2,1H3. The lowest BCUT2D eigenvalue weighted by atomic mass is 9.76. The van der Waals surface area contributed by atoms with E-state index >= 15 is 0 Å². The van der Waals surface area contributed by atoms with E-state index in [1.54, 1.807) is 0 Å². The molecule has 1 heterocycles. The molecule has 2 heteroatoms. The Kier molecular flexibility index (Phi) is 1.22. The minimum Gasteiger partial charge on any atom is -0.342 e. The van der Waals surface area contributed by atoms with E-state index in [4.69, 9.17) is 0 Å². The molecule has 2 fully saturated rings. The summed E-state index contributed by atoms with van der Waals surface area (Å²) >= 11 is 0. The lowest BCUT2D eigenvalue weighted by Crippen LogP contribution is -2.28. The van der Waals surface area contributed by atoms with Gasteiger partial charge in [0.2, 0.25) is 5.91 Å². The van der Waals surface area contributed by atoms with Crippen LogP contribution in [-0.2, 0) is 4.79 Å². The lowest BCUT2D eigenvalue weighted by molar-refractivity contribution is -0.132. The molecular formula is C8H13NO. The summed E-state index contributed by atoms with van der Waals surface area (Å²) in [6.07, 6.45) is 2.44. The monoisotopic (exact) mass is 139 g/mol. The molecule has 2 unspecified atom stereocenters. The predicted octanol–water partition coefficient (Wildman–Crippen LogP) is 0.875. The molecule has 2 rings (SSSR count). The Morgan fingerprint density at radius 3 is 2.70 bits per heavy atom. The number of hydrogen-bond donors (Lipinski definition) is 0. The summed E-state index contributed by atoms with van der Waals surface area (Å²) in [7, 11) is 0. The van der Waals surface area contributed by atoms with Crippen molar-refractivity contribution in [2.45, 2.75) is 19.8 Å². The van der Waals surface area contributed by atoms with Gasteiger partial charge >= 0.3 is 0 Å². The summed E-state index contributed by atoms with van der Waals surface area (Å²) in [5.41, 5.74) is 0. The van der Waals surface area contributed by atoms with Gasteiger partial charge < -0.3 is 4.90 Å². The first-order valence-corrected chi connectivity index (χ1v) is 4.11. The summed E-state index contributed by atoms with van der Waals surface area (Å²) in [4.78, 5) is 13.3. The van der Waals surface area contributed by atoms with Crippen LogP contribution in [0.3, 0.4) is 0 Å². The van der Waals surface area contributed by atoms with Crippen molar-refractivity contribution < 1.29 is 4.79 Å². The van der Waals surface area contributed by atoms with Gasteiger partial charge in [0.25, 0.3) is 0 Å². The van der Waals surface area contributed by atoms with Gasteiger partial charge in [-0.05, 0) is 25.7 Å². The van der Waals surface area contributed by atoms with E-state index in [0.717, 1.165) is 25.4 Å². The fraction of sp³-hybridized carbons (Fsp3) is 0.875. The van der Waals surface area contributed by atoms with Crippen LogP contribution in [0.5, 0.6) is 0 Å². The second-order valence-electron chi connectivity index (χ2n) is 3.32. The summed E-state index contributed by atoms with van der Waals surface area (Å²) in [6.45, 7) is 4.01. The molecule has 0 aromatic heterocycles. The number of rotatable bonds is 1. The zero-order chi connectivity index (χ0) is 7.14. The van der Waals surface area contributed by atoms with Gasteiger partial charge in [-0.3, -0.25) is 4.79 Å². The first-order chi connectivity index (χ1) is 4.83. The molecule has 1 saturated carbocycles. The molecule has 0 spiro atoms. The molecule has 2 atom stereocenters. The van der Waals surface area contributed by atoms with Crippen molar-refractivity contribution in [2.24, 2.45) is 11.8 Å². The summed E-state index contributed by atoms with van der Waals surface area (Å²) in [6, 6.07) is 0. The topological polar surface area (TPSA) is 20.3 Å². The van der Waals surface area contributed by atoms with Crippen LogP contribution in [0.15, 0.2) is 0 Å². The van der Waals surface area contributed by atoms with E-state index in [9.17, 15) is 4.79 Å². The quantitative estimate of drug-likeness (QED) is 0.528. The summed E-state index contributed by atoms with van der Waals surface area (Å²) < 4.78 is 0. The molecule has 2 nitrogen and oxygen atoms in total. The highest BCUT2D eigenvalue weighted by atomic mass is 16.2. The van der Waals surface area contributed by atoms with Gasteiger partial charge in [-0.2, -0.15) is 0 Å². The van der Waals surface area contributed by atoms with E-state index in [1.165, 1.54) is 6.42 Å². The van der Waals surface area contributed by atoms with Gasteiger partial charge in [0.15, 0.2) is 0 Å². The van der Waals surface area contributed by atoms with Gasteiger partial charge in [0.05, 0.1) is 0 Å². The summed E-state index contributed by atoms with van der Waals surface area (Å²) in [5.74, 6) is 1.58. The molecule has 1 amide bonds. The minimum absolute atomic E-state index is 0.416. The molecule has 2 aliphatic rings. The number of nitrogens with zero attached hydrogens (tertiary/aromatic N) is 1. The zero-order valence-electron chi connectivity index (χ0n) is 6.34. The van der Waals surface area contributed by atoms with E-state index in [-0.39, 0.29) is 0 Å². The highest BCUT2D eigenvalue weighted by molar-refractivity contribution is 5.82. The molecule has 1 aliphatic heterocycles. The Bertz CT molecular complexity index is 167. The van der Waals surface area contributed by atoms with Crippen molar-refractivity contribution in [1.82, 2.24) is 4.90 Å². The Hall–Kier alpha value is -0.530.